The summed E-state index contributed by atoms with van der Waals surface area (Å²) in [5, 5.41) is 0. The van der Waals surface area contributed by atoms with Crippen LogP contribution >= 0.6 is 22.6 Å². The van der Waals surface area contributed by atoms with E-state index < -0.39 is 0 Å². The summed E-state index contributed by atoms with van der Waals surface area (Å²) < 4.78 is 1.33. The fourth-order valence-corrected chi connectivity index (χ4v) is 3.57. The first-order chi connectivity index (χ1) is 8.81. The van der Waals surface area contributed by atoms with Gasteiger partial charge in [0.1, 0.15) is 0 Å². The first-order valence-electron chi connectivity index (χ1n) is 7.02. The number of benzene rings is 1. The molecule has 0 aromatic heterocycles. The molecule has 18 heavy (non-hydrogen) atoms. The second-order valence-electron chi connectivity index (χ2n) is 5.55. The molecule has 2 fully saturated rings. The molecule has 0 radical (unpaired) electrons. The van der Waals surface area contributed by atoms with Crippen molar-refractivity contribution < 1.29 is 0 Å². The van der Waals surface area contributed by atoms with Gasteiger partial charge < -0.3 is 0 Å². The minimum Gasteiger partial charge on any atom is -0.299 e. The van der Waals surface area contributed by atoms with Gasteiger partial charge in [0.05, 0.1) is 0 Å². The molecule has 3 rings (SSSR count). The molecule has 2 nitrogen and oxygen atoms in total. The van der Waals surface area contributed by atoms with Gasteiger partial charge in [-0.2, -0.15) is 0 Å². The molecule has 2 aliphatic heterocycles. The summed E-state index contributed by atoms with van der Waals surface area (Å²) in [6.45, 7) is 6.34. The van der Waals surface area contributed by atoms with Crippen LogP contribution < -0.4 is 0 Å². The zero-order chi connectivity index (χ0) is 12.4. The highest BCUT2D eigenvalue weighted by Crippen LogP contribution is 2.21. The molecule has 0 N–H and O–H groups in total. The predicted octanol–water partition coefficient (Wildman–Crippen LogP) is 2.96. The topological polar surface area (TPSA) is 6.48 Å². The molecule has 1 atom stereocenters. The average molecular weight is 356 g/mol. The lowest BCUT2D eigenvalue weighted by Crippen LogP contribution is -2.35. The number of hydrogen-bond donors (Lipinski definition) is 0. The highest BCUT2D eigenvalue weighted by Gasteiger charge is 2.28. The van der Waals surface area contributed by atoms with E-state index in [-0.39, 0.29) is 0 Å². The van der Waals surface area contributed by atoms with Crippen LogP contribution in [0.3, 0.4) is 0 Å². The van der Waals surface area contributed by atoms with Gasteiger partial charge in [-0.05, 0) is 72.6 Å². The Hall–Kier alpha value is -0.130. The highest BCUT2D eigenvalue weighted by atomic mass is 127. The van der Waals surface area contributed by atoms with Crippen LogP contribution in [0.2, 0.25) is 0 Å². The van der Waals surface area contributed by atoms with E-state index in [1.54, 1.807) is 0 Å². The smallest absolute Gasteiger partial charge is 0.0235 e. The fraction of sp³-hybridized carbons (Fsp3) is 0.600. The van der Waals surface area contributed by atoms with Gasteiger partial charge >= 0.3 is 0 Å². The second kappa shape index (κ2) is 5.88. The molecular formula is C15H21IN2. The van der Waals surface area contributed by atoms with Gasteiger partial charge in [0.25, 0.3) is 0 Å². The first-order valence-corrected chi connectivity index (χ1v) is 8.10. The molecule has 1 unspecified atom stereocenters. The molecule has 1 aromatic carbocycles. The van der Waals surface area contributed by atoms with E-state index in [1.165, 1.54) is 54.6 Å². The molecule has 0 bridgehead atoms. The maximum absolute atomic E-state index is 2.70. The molecule has 2 aliphatic rings. The standard InChI is InChI=1S/C15H21IN2/c16-14-5-3-13(4-6-14)11-17-10-7-15(12-17)18-8-1-2-9-18/h3-6,15H,1-2,7-12H2. The lowest BCUT2D eigenvalue weighted by Gasteiger charge is -2.23. The minimum absolute atomic E-state index is 0.830. The van der Waals surface area contributed by atoms with Crippen LogP contribution in [0.1, 0.15) is 24.8 Å². The fourth-order valence-electron chi connectivity index (χ4n) is 3.21. The lowest BCUT2D eigenvalue weighted by atomic mass is 10.2. The molecule has 3 heteroatoms. The molecule has 0 amide bonds. The van der Waals surface area contributed by atoms with E-state index in [1.807, 2.05) is 0 Å². The number of hydrogen-bond acceptors (Lipinski definition) is 2. The predicted molar refractivity (Wildman–Crippen MR) is 83.6 cm³/mol. The Labute approximate surface area is 123 Å². The monoisotopic (exact) mass is 356 g/mol. The minimum atomic E-state index is 0.830. The van der Waals surface area contributed by atoms with Crippen molar-refractivity contribution in [3.05, 3.63) is 33.4 Å². The van der Waals surface area contributed by atoms with Crippen LogP contribution in [0.15, 0.2) is 24.3 Å². The maximum atomic E-state index is 2.70. The SMILES string of the molecule is Ic1ccc(CN2CCC(N3CCCC3)C2)cc1. The van der Waals surface area contributed by atoms with Crippen molar-refractivity contribution in [2.45, 2.75) is 31.8 Å². The summed E-state index contributed by atoms with van der Waals surface area (Å²) in [6.07, 6.45) is 4.19. The number of halogens is 1. The number of likely N-dealkylation sites (tertiary alicyclic amines) is 2. The Bertz CT molecular complexity index is 384. The van der Waals surface area contributed by atoms with E-state index in [0.29, 0.717) is 0 Å². The van der Waals surface area contributed by atoms with Crippen molar-refractivity contribution in [3.8, 4) is 0 Å². The van der Waals surface area contributed by atoms with Gasteiger partial charge in [0.2, 0.25) is 0 Å². The van der Waals surface area contributed by atoms with Crippen LogP contribution in [0.5, 0.6) is 0 Å². The molecule has 2 saturated heterocycles. The molecule has 2 heterocycles. The quantitative estimate of drug-likeness (QED) is 0.769. The summed E-state index contributed by atoms with van der Waals surface area (Å²) >= 11 is 2.37. The zero-order valence-electron chi connectivity index (χ0n) is 10.8. The molecule has 98 valence electrons. The molecule has 0 spiro atoms. The Balaban J connectivity index is 1.54. The van der Waals surface area contributed by atoms with Crippen LogP contribution in [0.4, 0.5) is 0 Å². The lowest BCUT2D eigenvalue weighted by molar-refractivity contribution is 0.230. The molecular weight excluding hydrogens is 335 g/mol. The van der Waals surface area contributed by atoms with Crippen molar-refractivity contribution in [2.75, 3.05) is 26.2 Å². The average Bonchev–Trinajstić information content (AvgIpc) is 3.02. The van der Waals surface area contributed by atoms with Crippen molar-refractivity contribution in [1.29, 1.82) is 0 Å². The van der Waals surface area contributed by atoms with Gasteiger partial charge in [-0.1, -0.05) is 12.1 Å². The summed E-state index contributed by atoms with van der Waals surface area (Å²) in [7, 11) is 0. The third-order valence-electron chi connectivity index (χ3n) is 4.22. The first kappa shape index (κ1) is 12.9. The van der Waals surface area contributed by atoms with Gasteiger partial charge in [-0.3, -0.25) is 9.80 Å². The Morgan fingerprint density at radius 3 is 2.50 bits per heavy atom. The zero-order valence-corrected chi connectivity index (χ0v) is 13.0. The Morgan fingerprint density at radius 2 is 1.78 bits per heavy atom. The summed E-state index contributed by atoms with van der Waals surface area (Å²) in [6, 6.07) is 9.79. The Kier molecular flexibility index (Phi) is 4.21. The van der Waals surface area contributed by atoms with E-state index in [2.05, 4.69) is 56.7 Å². The van der Waals surface area contributed by atoms with E-state index in [0.717, 1.165) is 12.6 Å². The maximum Gasteiger partial charge on any atom is 0.0235 e. The van der Waals surface area contributed by atoms with Crippen molar-refractivity contribution in [1.82, 2.24) is 9.80 Å². The van der Waals surface area contributed by atoms with Crippen LogP contribution in [0, 0.1) is 3.57 Å². The summed E-state index contributed by atoms with van der Waals surface area (Å²) in [5.74, 6) is 0. The largest absolute Gasteiger partial charge is 0.299 e. The van der Waals surface area contributed by atoms with E-state index in [4.69, 9.17) is 0 Å². The van der Waals surface area contributed by atoms with Crippen molar-refractivity contribution in [2.24, 2.45) is 0 Å². The Morgan fingerprint density at radius 1 is 1.06 bits per heavy atom. The summed E-state index contributed by atoms with van der Waals surface area (Å²) in [5.41, 5.74) is 1.46. The van der Waals surface area contributed by atoms with Gasteiger partial charge in [0.15, 0.2) is 0 Å². The molecule has 1 aromatic rings. The van der Waals surface area contributed by atoms with Gasteiger partial charge in [0, 0.05) is 29.2 Å². The molecule has 0 saturated carbocycles. The van der Waals surface area contributed by atoms with Crippen LogP contribution in [-0.2, 0) is 6.54 Å². The number of rotatable bonds is 3. The van der Waals surface area contributed by atoms with Crippen molar-refractivity contribution >= 4 is 22.6 Å². The van der Waals surface area contributed by atoms with Crippen LogP contribution in [-0.4, -0.2) is 42.0 Å². The van der Waals surface area contributed by atoms with E-state index >= 15 is 0 Å². The van der Waals surface area contributed by atoms with Gasteiger partial charge in [-0.25, -0.2) is 0 Å². The summed E-state index contributed by atoms with van der Waals surface area (Å²) in [4.78, 5) is 5.32. The van der Waals surface area contributed by atoms with Crippen molar-refractivity contribution in [3.63, 3.8) is 0 Å². The normalized spacial score (nSPS) is 25.9. The number of nitrogens with zero attached hydrogens (tertiary/aromatic N) is 2. The van der Waals surface area contributed by atoms with Gasteiger partial charge in [-0.15, -0.1) is 0 Å². The third-order valence-corrected chi connectivity index (χ3v) is 4.94. The highest BCUT2D eigenvalue weighted by molar-refractivity contribution is 14.1. The second-order valence-corrected chi connectivity index (χ2v) is 6.79. The third kappa shape index (κ3) is 3.06. The molecule has 0 aliphatic carbocycles. The van der Waals surface area contributed by atoms with E-state index in [9.17, 15) is 0 Å². The van der Waals surface area contributed by atoms with Crippen LogP contribution in [0.25, 0.3) is 0 Å².